The number of halogens is 1. The second kappa shape index (κ2) is 6.62. The average Bonchev–Trinajstić information content (AvgIpc) is 2.41. The molecule has 0 fully saturated rings. The summed E-state index contributed by atoms with van der Waals surface area (Å²) in [6, 6.07) is 11.7. The van der Waals surface area contributed by atoms with Gasteiger partial charge in [-0.15, -0.1) is 11.6 Å². The van der Waals surface area contributed by atoms with Crippen LogP contribution in [0.2, 0.25) is 0 Å². The zero-order valence-corrected chi connectivity index (χ0v) is 12.7. The standard InChI is InChI=1S/C16H19ClN2O/c1-11(2)20-15-9-6-10-18-16(15)19-14-8-5-4-7-13(14)12(3)17/h4-12H,1-3H3,(H,18,19). The Balaban J connectivity index is 2.31. The first kappa shape index (κ1) is 14.7. The molecule has 2 rings (SSSR count). The Morgan fingerprint density at radius 3 is 2.55 bits per heavy atom. The van der Waals surface area contributed by atoms with E-state index in [0.717, 1.165) is 17.0 Å². The Kier molecular flexibility index (Phi) is 4.85. The summed E-state index contributed by atoms with van der Waals surface area (Å²) < 4.78 is 5.76. The number of hydrogen-bond acceptors (Lipinski definition) is 3. The minimum atomic E-state index is -0.0723. The number of nitrogens with zero attached hydrogens (tertiary/aromatic N) is 1. The fourth-order valence-corrected chi connectivity index (χ4v) is 2.11. The molecule has 106 valence electrons. The smallest absolute Gasteiger partial charge is 0.173 e. The lowest BCUT2D eigenvalue weighted by Gasteiger charge is -2.17. The molecule has 3 nitrogen and oxygen atoms in total. The lowest BCUT2D eigenvalue weighted by molar-refractivity contribution is 0.243. The molecule has 1 atom stereocenters. The number of nitrogens with one attached hydrogen (secondary N) is 1. The molecular formula is C16H19ClN2O. The number of rotatable bonds is 5. The molecule has 4 heteroatoms. The molecule has 0 aliphatic heterocycles. The third kappa shape index (κ3) is 3.64. The van der Waals surface area contributed by atoms with Crippen molar-refractivity contribution in [2.45, 2.75) is 32.3 Å². The average molecular weight is 291 g/mol. The molecule has 0 aliphatic rings. The van der Waals surface area contributed by atoms with Gasteiger partial charge >= 0.3 is 0 Å². The van der Waals surface area contributed by atoms with Gasteiger partial charge in [-0.3, -0.25) is 0 Å². The molecule has 20 heavy (non-hydrogen) atoms. The fraction of sp³-hybridized carbons (Fsp3) is 0.312. The molecule has 1 aromatic heterocycles. The number of aromatic nitrogens is 1. The van der Waals surface area contributed by atoms with Crippen LogP contribution in [0, 0.1) is 0 Å². The summed E-state index contributed by atoms with van der Waals surface area (Å²) in [5, 5.41) is 3.23. The summed E-state index contributed by atoms with van der Waals surface area (Å²) in [7, 11) is 0. The first-order valence-corrected chi connectivity index (χ1v) is 7.13. The van der Waals surface area contributed by atoms with Crippen molar-refractivity contribution in [1.29, 1.82) is 0 Å². The van der Waals surface area contributed by atoms with E-state index in [9.17, 15) is 0 Å². The third-order valence-corrected chi connectivity index (χ3v) is 3.01. The molecule has 1 heterocycles. The monoisotopic (exact) mass is 290 g/mol. The van der Waals surface area contributed by atoms with Crippen LogP contribution >= 0.6 is 11.6 Å². The molecule has 0 aliphatic carbocycles. The van der Waals surface area contributed by atoms with Crippen LogP contribution in [0.1, 0.15) is 31.7 Å². The number of alkyl halides is 1. The fourth-order valence-electron chi connectivity index (χ4n) is 1.92. The summed E-state index contributed by atoms with van der Waals surface area (Å²) in [5.41, 5.74) is 1.98. The van der Waals surface area contributed by atoms with Gasteiger partial charge in [-0.1, -0.05) is 18.2 Å². The summed E-state index contributed by atoms with van der Waals surface area (Å²) in [4.78, 5) is 4.35. The van der Waals surface area contributed by atoms with Gasteiger partial charge in [-0.05, 0) is 44.5 Å². The van der Waals surface area contributed by atoms with Crippen LogP contribution < -0.4 is 10.1 Å². The van der Waals surface area contributed by atoms with E-state index in [-0.39, 0.29) is 11.5 Å². The summed E-state index contributed by atoms with van der Waals surface area (Å²) in [6.07, 6.45) is 1.84. The van der Waals surface area contributed by atoms with Gasteiger partial charge in [0.05, 0.1) is 11.5 Å². The number of anilines is 2. The van der Waals surface area contributed by atoms with Crippen molar-refractivity contribution >= 4 is 23.1 Å². The number of benzene rings is 1. The van der Waals surface area contributed by atoms with E-state index in [1.54, 1.807) is 6.20 Å². The van der Waals surface area contributed by atoms with Crippen LogP contribution in [-0.2, 0) is 0 Å². The molecule has 1 aromatic carbocycles. The summed E-state index contributed by atoms with van der Waals surface area (Å²) in [5.74, 6) is 1.44. The Labute approximate surface area is 124 Å². The predicted molar refractivity (Wildman–Crippen MR) is 84.0 cm³/mol. The van der Waals surface area contributed by atoms with Gasteiger partial charge in [-0.25, -0.2) is 4.98 Å². The lowest BCUT2D eigenvalue weighted by Crippen LogP contribution is -2.08. The highest BCUT2D eigenvalue weighted by molar-refractivity contribution is 6.21. The molecule has 0 radical (unpaired) electrons. The molecule has 1 N–H and O–H groups in total. The molecule has 2 aromatic rings. The normalized spacial score (nSPS) is 12.2. The van der Waals surface area contributed by atoms with Crippen LogP contribution in [-0.4, -0.2) is 11.1 Å². The largest absolute Gasteiger partial charge is 0.487 e. The molecule has 0 saturated heterocycles. The van der Waals surface area contributed by atoms with Crippen molar-refractivity contribution in [3.05, 3.63) is 48.2 Å². The van der Waals surface area contributed by atoms with Gasteiger partial charge in [0, 0.05) is 11.9 Å². The van der Waals surface area contributed by atoms with E-state index < -0.39 is 0 Å². The van der Waals surface area contributed by atoms with Crippen LogP contribution in [0.3, 0.4) is 0 Å². The van der Waals surface area contributed by atoms with Gasteiger partial charge in [0.1, 0.15) is 0 Å². The summed E-state index contributed by atoms with van der Waals surface area (Å²) >= 11 is 6.21. The topological polar surface area (TPSA) is 34.1 Å². The zero-order valence-electron chi connectivity index (χ0n) is 11.9. The van der Waals surface area contributed by atoms with Gasteiger partial charge in [-0.2, -0.15) is 0 Å². The van der Waals surface area contributed by atoms with Crippen LogP contribution in [0.5, 0.6) is 5.75 Å². The summed E-state index contributed by atoms with van der Waals surface area (Å²) in [6.45, 7) is 5.93. The van der Waals surface area contributed by atoms with E-state index >= 15 is 0 Å². The van der Waals surface area contributed by atoms with Crippen molar-refractivity contribution in [2.24, 2.45) is 0 Å². The van der Waals surface area contributed by atoms with Gasteiger partial charge < -0.3 is 10.1 Å². The highest BCUT2D eigenvalue weighted by Gasteiger charge is 2.11. The zero-order chi connectivity index (χ0) is 14.5. The van der Waals surface area contributed by atoms with Gasteiger partial charge in [0.15, 0.2) is 11.6 Å². The van der Waals surface area contributed by atoms with Crippen molar-refractivity contribution in [3.8, 4) is 5.75 Å². The number of pyridine rings is 1. The molecule has 0 bridgehead atoms. The minimum absolute atomic E-state index is 0.0723. The molecule has 0 saturated carbocycles. The predicted octanol–water partition coefficient (Wildman–Crippen LogP) is 4.91. The maximum absolute atomic E-state index is 6.21. The van der Waals surface area contributed by atoms with E-state index in [1.807, 2.05) is 57.2 Å². The van der Waals surface area contributed by atoms with Crippen molar-refractivity contribution in [2.75, 3.05) is 5.32 Å². The molecule has 0 spiro atoms. The van der Waals surface area contributed by atoms with Crippen LogP contribution in [0.25, 0.3) is 0 Å². The molecular weight excluding hydrogens is 272 g/mol. The third-order valence-electron chi connectivity index (χ3n) is 2.78. The highest BCUT2D eigenvalue weighted by Crippen LogP contribution is 2.32. The quantitative estimate of drug-likeness (QED) is 0.794. The highest BCUT2D eigenvalue weighted by atomic mass is 35.5. The second-order valence-electron chi connectivity index (χ2n) is 4.85. The van der Waals surface area contributed by atoms with Crippen LogP contribution in [0.4, 0.5) is 11.5 Å². The second-order valence-corrected chi connectivity index (χ2v) is 5.50. The van der Waals surface area contributed by atoms with Gasteiger partial charge in [0.2, 0.25) is 0 Å². The van der Waals surface area contributed by atoms with E-state index in [0.29, 0.717) is 5.82 Å². The maximum atomic E-state index is 6.21. The Bertz CT molecular complexity index is 570. The first-order valence-electron chi connectivity index (χ1n) is 6.69. The van der Waals surface area contributed by atoms with E-state index in [1.165, 1.54) is 0 Å². The lowest BCUT2D eigenvalue weighted by atomic mass is 10.1. The Morgan fingerprint density at radius 2 is 1.85 bits per heavy atom. The van der Waals surface area contributed by atoms with E-state index in [2.05, 4.69) is 10.3 Å². The Morgan fingerprint density at radius 1 is 1.10 bits per heavy atom. The number of hydrogen-bond donors (Lipinski definition) is 1. The van der Waals surface area contributed by atoms with Crippen molar-refractivity contribution in [3.63, 3.8) is 0 Å². The van der Waals surface area contributed by atoms with Crippen LogP contribution in [0.15, 0.2) is 42.6 Å². The number of ether oxygens (including phenoxy) is 1. The Hall–Kier alpha value is -1.74. The van der Waals surface area contributed by atoms with Crippen molar-refractivity contribution < 1.29 is 4.74 Å². The van der Waals surface area contributed by atoms with Crippen molar-refractivity contribution in [1.82, 2.24) is 4.98 Å². The minimum Gasteiger partial charge on any atom is -0.487 e. The molecule has 1 unspecified atom stereocenters. The molecule has 0 amide bonds. The SMILES string of the molecule is CC(C)Oc1cccnc1Nc1ccccc1C(C)Cl. The number of para-hydroxylation sites is 1. The van der Waals surface area contributed by atoms with Gasteiger partial charge in [0.25, 0.3) is 0 Å². The first-order chi connectivity index (χ1) is 9.58. The van der Waals surface area contributed by atoms with E-state index in [4.69, 9.17) is 16.3 Å². The maximum Gasteiger partial charge on any atom is 0.173 e.